The minimum atomic E-state index is -0.189. The molecule has 0 amide bonds. The van der Waals surface area contributed by atoms with Gasteiger partial charge in [-0.1, -0.05) is 6.92 Å². The Hall–Kier alpha value is 0.230. The quantitative estimate of drug-likeness (QED) is 0.706. The third-order valence-electron chi connectivity index (χ3n) is 2.68. The number of aliphatic hydroxyl groups excluding tert-OH is 1. The molecule has 1 saturated heterocycles. The maximum Gasteiger partial charge on any atom is 0.0920 e. The summed E-state index contributed by atoms with van der Waals surface area (Å²) in [6.07, 6.45) is 2.19. The zero-order chi connectivity index (χ0) is 9.73. The lowest BCUT2D eigenvalue weighted by molar-refractivity contribution is -0.0580. The van der Waals surface area contributed by atoms with Gasteiger partial charge in [0, 0.05) is 11.8 Å². The molecular formula is C9H19NO2S. The summed E-state index contributed by atoms with van der Waals surface area (Å²) in [7, 11) is 0. The molecule has 1 aliphatic heterocycles. The van der Waals surface area contributed by atoms with E-state index in [1.807, 2.05) is 11.8 Å². The van der Waals surface area contributed by atoms with Gasteiger partial charge in [0.1, 0.15) is 0 Å². The van der Waals surface area contributed by atoms with Gasteiger partial charge in [0.25, 0.3) is 0 Å². The van der Waals surface area contributed by atoms with Gasteiger partial charge in [0.05, 0.1) is 18.8 Å². The largest absolute Gasteiger partial charge is 0.394 e. The van der Waals surface area contributed by atoms with Crippen molar-refractivity contribution in [3.63, 3.8) is 0 Å². The predicted molar refractivity (Wildman–Crippen MR) is 56.0 cm³/mol. The molecule has 0 radical (unpaired) electrons. The van der Waals surface area contributed by atoms with Gasteiger partial charge in [-0.15, -0.1) is 0 Å². The molecule has 78 valence electrons. The summed E-state index contributed by atoms with van der Waals surface area (Å²) < 4.78 is 5.69. The van der Waals surface area contributed by atoms with Crippen LogP contribution < -0.4 is 5.73 Å². The van der Waals surface area contributed by atoms with Crippen LogP contribution in [0.1, 0.15) is 19.8 Å². The SMILES string of the molecule is CC1SCCCC1(CN)OCCO. The number of ether oxygens (including phenoxy) is 1. The van der Waals surface area contributed by atoms with Gasteiger partial charge in [-0.3, -0.25) is 0 Å². The van der Waals surface area contributed by atoms with Crippen molar-refractivity contribution in [1.29, 1.82) is 0 Å². The summed E-state index contributed by atoms with van der Waals surface area (Å²) in [5.41, 5.74) is 5.56. The first kappa shape index (κ1) is 11.3. The molecule has 0 spiro atoms. The lowest BCUT2D eigenvalue weighted by Crippen LogP contribution is -2.50. The fourth-order valence-corrected chi connectivity index (χ4v) is 3.00. The fourth-order valence-electron chi connectivity index (χ4n) is 1.75. The highest BCUT2D eigenvalue weighted by molar-refractivity contribution is 8.00. The zero-order valence-electron chi connectivity index (χ0n) is 8.16. The molecule has 0 bridgehead atoms. The van der Waals surface area contributed by atoms with Crippen LogP contribution in [-0.2, 0) is 4.74 Å². The van der Waals surface area contributed by atoms with E-state index in [9.17, 15) is 0 Å². The molecule has 0 aromatic rings. The van der Waals surface area contributed by atoms with E-state index in [0.29, 0.717) is 18.4 Å². The van der Waals surface area contributed by atoms with E-state index in [4.69, 9.17) is 15.6 Å². The van der Waals surface area contributed by atoms with Crippen LogP contribution in [0.3, 0.4) is 0 Å². The van der Waals surface area contributed by atoms with E-state index < -0.39 is 0 Å². The number of thioether (sulfide) groups is 1. The molecule has 0 saturated carbocycles. The summed E-state index contributed by atoms with van der Waals surface area (Å²) in [6.45, 7) is 3.20. The first-order valence-corrected chi connectivity index (χ1v) is 5.86. The molecule has 2 unspecified atom stereocenters. The van der Waals surface area contributed by atoms with Gasteiger partial charge >= 0.3 is 0 Å². The lowest BCUT2D eigenvalue weighted by Gasteiger charge is -2.41. The molecule has 1 fully saturated rings. The van der Waals surface area contributed by atoms with Crippen molar-refractivity contribution in [1.82, 2.24) is 0 Å². The van der Waals surface area contributed by atoms with Gasteiger partial charge in [-0.2, -0.15) is 11.8 Å². The maximum absolute atomic E-state index is 8.72. The molecule has 13 heavy (non-hydrogen) atoms. The molecule has 1 rings (SSSR count). The lowest BCUT2D eigenvalue weighted by atomic mass is 9.93. The molecular weight excluding hydrogens is 186 g/mol. The van der Waals surface area contributed by atoms with Crippen molar-refractivity contribution >= 4 is 11.8 Å². The van der Waals surface area contributed by atoms with Gasteiger partial charge in [0.2, 0.25) is 0 Å². The van der Waals surface area contributed by atoms with Crippen LogP contribution in [0.15, 0.2) is 0 Å². The van der Waals surface area contributed by atoms with Crippen LogP contribution in [0.5, 0.6) is 0 Å². The topological polar surface area (TPSA) is 55.5 Å². The van der Waals surface area contributed by atoms with Crippen molar-refractivity contribution in [2.75, 3.05) is 25.5 Å². The Balaban J connectivity index is 2.53. The number of rotatable bonds is 4. The molecule has 1 aliphatic rings. The molecule has 4 heteroatoms. The van der Waals surface area contributed by atoms with E-state index >= 15 is 0 Å². The van der Waals surface area contributed by atoms with Gasteiger partial charge in [-0.25, -0.2) is 0 Å². The van der Waals surface area contributed by atoms with E-state index in [1.165, 1.54) is 5.75 Å². The molecule has 0 aromatic heterocycles. The average Bonchev–Trinajstić information content (AvgIpc) is 2.17. The summed E-state index contributed by atoms with van der Waals surface area (Å²) in [4.78, 5) is 0. The third kappa shape index (κ3) is 2.59. The highest BCUT2D eigenvalue weighted by Crippen LogP contribution is 2.35. The van der Waals surface area contributed by atoms with Gasteiger partial charge < -0.3 is 15.6 Å². The summed E-state index contributed by atoms with van der Waals surface area (Å²) in [5.74, 6) is 1.20. The molecule has 0 aromatic carbocycles. The predicted octanol–water partition coefficient (Wildman–Crippen LogP) is 0.608. The van der Waals surface area contributed by atoms with Crippen molar-refractivity contribution in [3.8, 4) is 0 Å². The highest BCUT2D eigenvalue weighted by atomic mass is 32.2. The van der Waals surface area contributed by atoms with E-state index in [0.717, 1.165) is 12.8 Å². The Morgan fingerprint density at radius 2 is 2.46 bits per heavy atom. The minimum Gasteiger partial charge on any atom is -0.394 e. The Labute approximate surface area is 84.0 Å². The molecule has 0 aliphatic carbocycles. The zero-order valence-corrected chi connectivity index (χ0v) is 8.98. The average molecular weight is 205 g/mol. The Morgan fingerprint density at radius 3 is 3.00 bits per heavy atom. The fraction of sp³-hybridized carbons (Fsp3) is 1.00. The Morgan fingerprint density at radius 1 is 1.69 bits per heavy atom. The molecule has 2 atom stereocenters. The summed E-state index contributed by atoms with van der Waals surface area (Å²) in [6, 6.07) is 0. The van der Waals surface area contributed by atoms with E-state index in [2.05, 4.69) is 6.92 Å². The second-order valence-electron chi connectivity index (χ2n) is 3.46. The number of hydrogen-bond acceptors (Lipinski definition) is 4. The highest BCUT2D eigenvalue weighted by Gasteiger charge is 2.38. The number of nitrogens with two attached hydrogens (primary N) is 1. The minimum absolute atomic E-state index is 0.0825. The third-order valence-corrected chi connectivity index (χ3v) is 4.13. The second-order valence-corrected chi connectivity index (χ2v) is 4.91. The van der Waals surface area contributed by atoms with Crippen LogP contribution in [0.4, 0.5) is 0 Å². The van der Waals surface area contributed by atoms with Crippen molar-refractivity contribution in [2.45, 2.75) is 30.6 Å². The smallest absolute Gasteiger partial charge is 0.0920 e. The van der Waals surface area contributed by atoms with Crippen molar-refractivity contribution < 1.29 is 9.84 Å². The van der Waals surface area contributed by atoms with Crippen LogP contribution in [0.25, 0.3) is 0 Å². The first-order valence-electron chi connectivity index (χ1n) is 4.81. The van der Waals surface area contributed by atoms with E-state index in [-0.39, 0.29) is 12.2 Å². The Kier molecular flexibility index (Phi) is 4.52. The van der Waals surface area contributed by atoms with Crippen molar-refractivity contribution in [3.05, 3.63) is 0 Å². The van der Waals surface area contributed by atoms with Crippen LogP contribution in [0, 0.1) is 0 Å². The van der Waals surface area contributed by atoms with Crippen molar-refractivity contribution in [2.24, 2.45) is 5.73 Å². The normalized spacial score (nSPS) is 34.8. The van der Waals surface area contributed by atoms with Gasteiger partial charge in [0.15, 0.2) is 0 Å². The molecule has 3 nitrogen and oxygen atoms in total. The molecule has 3 N–H and O–H groups in total. The number of aliphatic hydroxyl groups is 1. The van der Waals surface area contributed by atoms with Crippen LogP contribution >= 0.6 is 11.8 Å². The summed E-state index contributed by atoms with van der Waals surface area (Å²) in [5, 5.41) is 9.16. The van der Waals surface area contributed by atoms with E-state index in [1.54, 1.807) is 0 Å². The Bertz CT molecular complexity index is 157. The van der Waals surface area contributed by atoms with Crippen LogP contribution in [-0.4, -0.2) is 41.5 Å². The monoisotopic (exact) mass is 205 g/mol. The summed E-state index contributed by atoms with van der Waals surface area (Å²) >= 11 is 1.91. The van der Waals surface area contributed by atoms with Gasteiger partial charge in [-0.05, 0) is 18.6 Å². The standard InChI is InChI=1S/C9H19NO2S/c1-8-9(7-10,12-5-4-11)3-2-6-13-8/h8,11H,2-7,10H2,1H3. The van der Waals surface area contributed by atoms with Crippen LogP contribution in [0.2, 0.25) is 0 Å². The molecule has 1 heterocycles. The number of hydrogen-bond donors (Lipinski definition) is 2. The maximum atomic E-state index is 8.72. The second kappa shape index (κ2) is 5.20. The first-order chi connectivity index (χ1) is 6.25.